The molecule has 0 bridgehead atoms. The van der Waals surface area contributed by atoms with Gasteiger partial charge in [0, 0.05) is 24.3 Å². The van der Waals surface area contributed by atoms with E-state index in [1.807, 2.05) is 0 Å². The SMILES string of the molecule is O=C(OCC(CO)OC(=O)c1ccc([N+](=O)[O-])cc1)c1ccc([N+](=O)[O-])cc1. The maximum Gasteiger partial charge on any atom is 0.338 e. The summed E-state index contributed by atoms with van der Waals surface area (Å²) in [4.78, 5) is 43.9. The molecule has 0 saturated heterocycles. The van der Waals surface area contributed by atoms with Crippen LogP contribution in [-0.2, 0) is 9.47 Å². The van der Waals surface area contributed by atoms with Gasteiger partial charge in [-0.15, -0.1) is 0 Å². The molecule has 1 unspecified atom stereocenters. The van der Waals surface area contributed by atoms with E-state index in [2.05, 4.69) is 0 Å². The number of hydrogen-bond donors (Lipinski definition) is 1. The van der Waals surface area contributed by atoms with Crippen LogP contribution in [0.1, 0.15) is 20.7 Å². The van der Waals surface area contributed by atoms with E-state index in [0.29, 0.717) is 0 Å². The Morgan fingerprint density at radius 3 is 1.68 bits per heavy atom. The fourth-order valence-corrected chi connectivity index (χ4v) is 2.03. The van der Waals surface area contributed by atoms with Crippen LogP contribution >= 0.6 is 0 Å². The van der Waals surface area contributed by atoms with Crippen molar-refractivity contribution in [3.05, 3.63) is 79.9 Å². The standard InChI is InChI=1S/C17H14N2O9/c20-9-15(28-17(22)12-3-7-14(8-4-12)19(25)26)10-27-16(21)11-1-5-13(6-2-11)18(23)24/h1-8,15,20H,9-10H2. The van der Waals surface area contributed by atoms with Crippen LogP contribution in [0.3, 0.4) is 0 Å². The fourth-order valence-electron chi connectivity index (χ4n) is 2.03. The number of esters is 2. The minimum absolute atomic E-state index is 0.0192. The molecule has 2 aromatic carbocycles. The molecular formula is C17H14N2O9. The van der Waals surface area contributed by atoms with Gasteiger partial charge >= 0.3 is 11.9 Å². The van der Waals surface area contributed by atoms with Crippen molar-refractivity contribution < 1.29 is 34.0 Å². The van der Waals surface area contributed by atoms with Crippen LogP contribution in [-0.4, -0.2) is 46.2 Å². The second kappa shape index (κ2) is 9.19. The second-order valence-corrected chi connectivity index (χ2v) is 5.42. The first-order valence-corrected chi connectivity index (χ1v) is 7.79. The van der Waals surface area contributed by atoms with Crippen LogP contribution in [0.5, 0.6) is 0 Å². The Balaban J connectivity index is 1.92. The first-order valence-electron chi connectivity index (χ1n) is 7.79. The molecule has 0 radical (unpaired) electrons. The number of nitro benzene ring substituents is 2. The van der Waals surface area contributed by atoms with Crippen LogP contribution in [0, 0.1) is 20.2 Å². The lowest BCUT2D eigenvalue weighted by Gasteiger charge is -2.15. The van der Waals surface area contributed by atoms with Gasteiger partial charge in [0.05, 0.1) is 27.6 Å². The largest absolute Gasteiger partial charge is 0.458 e. The normalized spacial score (nSPS) is 11.3. The highest BCUT2D eigenvalue weighted by atomic mass is 16.6. The lowest BCUT2D eigenvalue weighted by Crippen LogP contribution is -2.28. The van der Waals surface area contributed by atoms with Crippen molar-refractivity contribution in [3.8, 4) is 0 Å². The van der Waals surface area contributed by atoms with Gasteiger partial charge in [-0.25, -0.2) is 9.59 Å². The number of non-ortho nitro benzene ring substituents is 2. The molecular weight excluding hydrogens is 376 g/mol. The van der Waals surface area contributed by atoms with Gasteiger partial charge in [0.15, 0.2) is 6.10 Å². The van der Waals surface area contributed by atoms with Crippen LogP contribution < -0.4 is 0 Å². The van der Waals surface area contributed by atoms with Crippen molar-refractivity contribution in [2.24, 2.45) is 0 Å². The predicted molar refractivity (Wildman–Crippen MR) is 92.8 cm³/mol. The van der Waals surface area contributed by atoms with Gasteiger partial charge < -0.3 is 14.6 Å². The molecule has 0 amide bonds. The van der Waals surface area contributed by atoms with Gasteiger partial charge in [0.1, 0.15) is 6.61 Å². The summed E-state index contributed by atoms with van der Waals surface area (Å²) in [6.45, 7) is -1.09. The number of nitro groups is 2. The number of rotatable bonds is 8. The van der Waals surface area contributed by atoms with Gasteiger partial charge in [-0.05, 0) is 24.3 Å². The molecule has 0 fully saturated rings. The molecule has 0 aliphatic heterocycles. The van der Waals surface area contributed by atoms with Crippen molar-refractivity contribution in [1.29, 1.82) is 0 Å². The van der Waals surface area contributed by atoms with E-state index in [0.717, 1.165) is 24.3 Å². The molecule has 11 nitrogen and oxygen atoms in total. The second-order valence-electron chi connectivity index (χ2n) is 5.42. The summed E-state index contributed by atoms with van der Waals surface area (Å²) in [6, 6.07) is 9.31. The molecule has 0 aliphatic rings. The zero-order valence-electron chi connectivity index (χ0n) is 14.2. The Labute approximate surface area is 157 Å². The van der Waals surface area contributed by atoms with Crippen molar-refractivity contribution in [3.63, 3.8) is 0 Å². The van der Waals surface area contributed by atoms with E-state index in [1.165, 1.54) is 24.3 Å². The Bertz CT molecular complexity index is 879. The van der Waals surface area contributed by atoms with Crippen molar-refractivity contribution >= 4 is 23.3 Å². The number of carbonyl (C=O) groups excluding carboxylic acids is 2. The van der Waals surface area contributed by atoms with Crippen molar-refractivity contribution in [2.75, 3.05) is 13.2 Å². The summed E-state index contributed by atoms with van der Waals surface area (Å²) in [5.41, 5.74) is -0.330. The number of nitrogens with zero attached hydrogens (tertiary/aromatic N) is 2. The minimum atomic E-state index is -1.16. The lowest BCUT2D eigenvalue weighted by atomic mass is 10.2. The molecule has 2 aromatic rings. The molecule has 0 saturated carbocycles. The molecule has 1 atom stereocenters. The molecule has 0 heterocycles. The first kappa shape index (κ1) is 20.5. The van der Waals surface area contributed by atoms with E-state index < -0.39 is 41.1 Å². The van der Waals surface area contributed by atoms with Crippen LogP contribution in [0.4, 0.5) is 11.4 Å². The molecule has 11 heteroatoms. The van der Waals surface area contributed by atoms with Gasteiger partial charge in [0.25, 0.3) is 11.4 Å². The van der Waals surface area contributed by atoms with Crippen molar-refractivity contribution in [1.82, 2.24) is 0 Å². The fraction of sp³-hybridized carbons (Fsp3) is 0.176. The molecule has 28 heavy (non-hydrogen) atoms. The zero-order chi connectivity index (χ0) is 20.7. The number of hydrogen-bond acceptors (Lipinski definition) is 9. The van der Waals surface area contributed by atoms with Gasteiger partial charge in [-0.2, -0.15) is 0 Å². The lowest BCUT2D eigenvalue weighted by molar-refractivity contribution is -0.385. The average Bonchev–Trinajstić information content (AvgIpc) is 2.70. The van der Waals surface area contributed by atoms with Gasteiger partial charge in [-0.3, -0.25) is 20.2 Å². The Morgan fingerprint density at radius 2 is 1.29 bits per heavy atom. The monoisotopic (exact) mass is 390 g/mol. The van der Waals surface area contributed by atoms with Gasteiger partial charge in [0.2, 0.25) is 0 Å². The molecule has 0 spiro atoms. The molecule has 0 aromatic heterocycles. The number of ether oxygens (including phenoxy) is 2. The van der Waals surface area contributed by atoms with E-state index in [9.17, 15) is 34.9 Å². The third kappa shape index (κ3) is 5.32. The van der Waals surface area contributed by atoms with Crippen LogP contribution in [0.2, 0.25) is 0 Å². The van der Waals surface area contributed by atoms with Crippen LogP contribution in [0.15, 0.2) is 48.5 Å². The molecule has 0 aliphatic carbocycles. The van der Waals surface area contributed by atoms with E-state index in [4.69, 9.17) is 9.47 Å². The molecule has 2 rings (SSSR count). The van der Waals surface area contributed by atoms with E-state index in [-0.39, 0.29) is 22.5 Å². The summed E-state index contributed by atoms with van der Waals surface area (Å²) in [5, 5.41) is 30.5. The maximum absolute atomic E-state index is 12.0. The smallest absolute Gasteiger partial charge is 0.338 e. The minimum Gasteiger partial charge on any atom is -0.458 e. The average molecular weight is 390 g/mol. The Kier molecular flexibility index (Phi) is 6.71. The zero-order valence-corrected chi connectivity index (χ0v) is 14.2. The third-order valence-electron chi connectivity index (χ3n) is 3.51. The highest BCUT2D eigenvalue weighted by Gasteiger charge is 2.19. The highest BCUT2D eigenvalue weighted by Crippen LogP contribution is 2.15. The number of aliphatic hydroxyl groups excluding tert-OH is 1. The van der Waals surface area contributed by atoms with E-state index in [1.54, 1.807) is 0 Å². The van der Waals surface area contributed by atoms with E-state index >= 15 is 0 Å². The third-order valence-corrected chi connectivity index (χ3v) is 3.51. The number of benzene rings is 2. The Hall–Kier alpha value is -3.86. The van der Waals surface area contributed by atoms with Crippen LogP contribution in [0.25, 0.3) is 0 Å². The predicted octanol–water partition coefficient (Wildman–Crippen LogP) is 1.88. The maximum atomic E-state index is 12.0. The molecule has 1 N–H and O–H groups in total. The van der Waals surface area contributed by atoms with Gasteiger partial charge in [-0.1, -0.05) is 0 Å². The summed E-state index contributed by atoms with van der Waals surface area (Å²) in [6.07, 6.45) is -1.16. The quantitative estimate of drug-likeness (QED) is 0.403. The van der Waals surface area contributed by atoms with Crippen molar-refractivity contribution in [2.45, 2.75) is 6.10 Å². The molecule has 146 valence electrons. The highest BCUT2D eigenvalue weighted by molar-refractivity contribution is 5.90. The topological polar surface area (TPSA) is 159 Å². The summed E-state index contributed by atoms with van der Waals surface area (Å²) < 4.78 is 9.93. The summed E-state index contributed by atoms with van der Waals surface area (Å²) in [5.74, 6) is -1.68. The number of carbonyl (C=O) groups is 2. The first-order chi connectivity index (χ1) is 13.3. The number of aliphatic hydroxyl groups is 1. The Morgan fingerprint density at radius 1 is 0.857 bits per heavy atom. The summed E-state index contributed by atoms with van der Waals surface area (Å²) >= 11 is 0. The summed E-state index contributed by atoms with van der Waals surface area (Å²) in [7, 11) is 0.